The van der Waals surface area contributed by atoms with Crippen LogP contribution >= 0.6 is 0 Å². The molecule has 0 saturated carbocycles. The van der Waals surface area contributed by atoms with E-state index in [2.05, 4.69) is 0 Å². The number of anilines is 1. The molecule has 0 fully saturated rings. The van der Waals surface area contributed by atoms with E-state index < -0.39 is 6.10 Å². The Hall–Kier alpha value is -2.34. The number of aliphatic hydroxyl groups is 3. The van der Waals surface area contributed by atoms with Crippen molar-refractivity contribution in [1.82, 2.24) is 0 Å². The molecule has 0 radical (unpaired) electrons. The molecule has 2 rings (SSSR count). The van der Waals surface area contributed by atoms with Crippen LogP contribution in [0.25, 0.3) is 5.57 Å². The van der Waals surface area contributed by atoms with Crippen molar-refractivity contribution in [3.8, 4) is 11.5 Å². The Labute approximate surface area is 109 Å². The lowest BCUT2D eigenvalue weighted by Gasteiger charge is -2.20. The third-order valence-corrected chi connectivity index (χ3v) is 2.92. The van der Waals surface area contributed by atoms with Crippen molar-refractivity contribution in [1.29, 1.82) is 0 Å². The first-order valence-corrected chi connectivity index (χ1v) is 5.62. The second-order valence-electron chi connectivity index (χ2n) is 4.26. The molecule has 1 atom stereocenters. The topological polar surface area (TPSA) is 116 Å². The summed E-state index contributed by atoms with van der Waals surface area (Å²) in [6.45, 7) is 0. The molecule has 6 nitrogen and oxygen atoms in total. The Balaban J connectivity index is 2.57. The highest BCUT2D eigenvalue weighted by Crippen LogP contribution is 2.39. The minimum absolute atomic E-state index is 0.0222. The molecule has 0 aliphatic heterocycles. The van der Waals surface area contributed by atoms with Crippen LogP contribution in [0.4, 0.5) is 5.69 Å². The monoisotopic (exact) mass is 265 g/mol. The first-order valence-electron chi connectivity index (χ1n) is 5.62. The van der Waals surface area contributed by atoms with E-state index in [9.17, 15) is 20.4 Å². The first kappa shape index (κ1) is 13.1. The minimum atomic E-state index is -0.947. The van der Waals surface area contributed by atoms with Gasteiger partial charge in [-0.05, 0) is 12.1 Å². The standard InChI is InChI=1S/C13H15NO5/c1-19-12-5-8(14)7(4-9(12)16)13-10(17)2-6(15)3-11(13)18/h2,4-6,15-18H,3,14H2,1H3. The van der Waals surface area contributed by atoms with Gasteiger partial charge in [0.15, 0.2) is 11.5 Å². The molecular formula is C13H15NO5. The van der Waals surface area contributed by atoms with Crippen molar-refractivity contribution < 1.29 is 25.2 Å². The van der Waals surface area contributed by atoms with Gasteiger partial charge >= 0.3 is 0 Å². The number of ether oxygens (including phenoxy) is 1. The molecule has 1 aliphatic carbocycles. The molecule has 0 saturated heterocycles. The van der Waals surface area contributed by atoms with Gasteiger partial charge in [0.1, 0.15) is 11.5 Å². The summed E-state index contributed by atoms with van der Waals surface area (Å²) in [7, 11) is 1.39. The van der Waals surface area contributed by atoms with Crippen LogP contribution in [0.5, 0.6) is 11.5 Å². The zero-order valence-electron chi connectivity index (χ0n) is 10.3. The van der Waals surface area contributed by atoms with Gasteiger partial charge in [-0.25, -0.2) is 0 Å². The second kappa shape index (κ2) is 4.74. The predicted octanol–water partition coefficient (Wildman–Crippen LogP) is 1.46. The van der Waals surface area contributed by atoms with Crippen LogP contribution in [-0.4, -0.2) is 33.6 Å². The Morgan fingerprint density at radius 1 is 1.26 bits per heavy atom. The predicted molar refractivity (Wildman–Crippen MR) is 70.0 cm³/mol. The second-order valence-corrected chi connectivity index (χ2v) is 4.26. The number of nitrogen functional groups attached to an aromatic ring is 1. The molecular weight excluding hydrogens is 250 g/mol. The maximum Gasteiger partial charge on any atom is 0.162 e. The average molecular weight is 265 g/mol. The molecule has 0 spiro atoms. The number of hydrogen-bond acceptors (Lipinski definition) is 6. The highest BCUT2D eigenvalue weighted by molar-refractivity contribution is 5.86. The first-order chi connectivity index (χ1) is 8.93. The van der Waals surface area contributed by atoms with E-state index in [1.165, 1.54) is 25.3 Å². The molecule has 6 heteroatoms. The van der Waals surface area contributed by atoms with Crippen molar-refractivity contribution in [3.63, 3.8) is 0 Å². The summed E-state index contributed by atoms with van der Waals surface area (Å²) in [5.41, 5.74) is 6.42. The van der Waals surface area contributed by atoms with Gasteiger partial charge in [-0.15, -0.1) is 0 Å². The Bertz CT molecular complexity index is 577. The Morgan fingerprint density at radius 3 is 2.53 bits per heavy atom. The molecule has 0 amide bonds. The van der Waals surface area contributed by atoms with Gasteiger partial charge in [0.05, 0.1) is 18.8 Å². The maximum absolute atomic E-state index is 9.86. The minimum Gasteiger partial charge on any atom is -0.511 e. The molecule has 102 valence electrons. The number of methoxy groups -OCH3 is 1. The molecule has 0 heterocycles. The molecule has 0 bridgehead atoms. The number of phenols is 1. The molecule has 1 aromatic carbocycles. The van der Waals surface area contributed by atoms with Crippen molar-refractivity contribution in [2.24, 2.45) is 0 Å². The largest absolute Gasteiger partial charge is 0.511 e. The van der Waals surface area contributed by atoms with E-state index in [1.54, 1.807) is 0 Å². The van der Waals surface area contributed by atoms with Gasteiger partial charge in [0, 0.05) is 23.7 Å². The van der Waals surface area contributed by atoms with Crippen molar-refractivity contribution in [2.75, 3.05) is 12.8 Å². The summed E-state index contributed by atoms with van der Waals surface area (Å²) in [5, 5.41) is 38.8. The average Bonchev–Trinajstić information content (AvgIpc) is 2.31. The fourth-order valence-electron chi connectivity index (χ4n) is 2.03. The highest BCUT2D eigenvalue weighted by Gasteiger charge is 2.24. The summed E-state index contributed by atoms with van der Waals surface area (Å²) in [6, 6.07) is 2.69. The van der Waals surface area contributed by atoms with E-state index in [0.29, 0.717) is 0 Å². The smallest absolute Gasteiger partial charge is 0.162 e. The summed E-state index contributed by atoms with van der Waals surface area (Å²) >= 11 is 0. The molecule has 1 unspecified atom stereocenters. The van der Waals surface area contributed by atoms with Gasteiger partial charge in [0.2, 0.25) is 0 Å². The number of rotatable bonds is 2. The summed E-state index contributed by atoms with van der Waals surface area (Å²) < 4.78 is 4.91. The van der Waals surface area contributed by atoms with Gasteiger partial charge in [0.25, 0.3) is 0 Å². The van der Waals surface area contributed by atoms with Crippen LogP contribution in [0.15, 0.2) is 29.7 Å². The van der Waals surface area contributed by atoms with Crippen LogP contribution < -0.4 is 10.5 Å². The number of aromatic hydroxyl groups is 1. The van der Waals surface area contributed by atoms with E-state index in [4.69, 9.17) is 10.5 Å². The number of nitrogens with two attached hydrogens (primary N) is 1. The van der Waals surface area contributed by atoms with E-state index in [1.807, 2.05) is 0 Å². The van der Waals surface area contributed by atoms with Crippen LogP contribution in [-0.2, 0) is 0 Å². The number of hydrogen-bond donors (Lipinski definition) is 5. The third-order valence-electron chi connectivity index (χ3n) is 2.92. The molecule has 1 aliphatic rings. The molecule has 6 N–H and O–H groups in total. The van der Waals surface area contributed by atoms with Gasteiger partial charge in [-0.2, -0.15) is 0 Å². The SMILES string of the molecule is COc1cc(N)c(C2=C(O)CC(O)C=C2O)cc1O. The summed E-state index contributed by atoms with van der Waals surface area (Å²) in [5.74, 6) is -0.442. The summed E-state index contributed by atoms with van der Waals surface area (Å²) in [6.07, 6.45) is 0.235. The number of allylic oxidation sites excluding steroid dienone is 1. The lowest BCUT2D eigenvalue weighted by Crippen LogP contribution is -2.13. The Morgan fingerprint density at radius 2 is 1.95 bits per heavy atom. The molecule has 19 heavy (non-hydrogen) atoms. The third kappa shape index (κ3) is 2.30. The van der Waals surface area contributed by atoms with E-state index >= 15 is 0 Å². The van der Waals surface area contributed by atoms with E-state index in [0.717, 1.165) is 0 Å². The van der Waals surface area contributed by atoms with Crippen LogP contribution in [0.1, 0.15) is 12.0 Å². The zero-order valence-corrected chi connectivity index (χ0v) is 10.3. The van der Waals surface area contributed by atoms with E-state index in [-0.39, 0.29) is 46.3 Å². The van der Waals surface area contributed by atoms with Gasteiger partial charge in [-0.3, -0.25) is 0 Å². The van der Waals surface area contributed by atoms with Crippen molar-refractivity contribution in [2.45, 2.75) is 12.5 Å². The van der Waals surface area contributed by atoms with Crippen LogP contribution in [0.2, 0.25) is 0 Å². The normalized spacial score (nSPS) is 19.3. The number of benzene rings is 1. The number of phenolic OH excluding ortho intramolecular Hbond substituents is 1. The quantitative estimate of drug-likeness (QED) is 0.408. The molecule has 1 aromatic rings. The van der Waals surface area contributed by atoms with Crippen molar-refractivity contribution in [3.05, 3.63) is 35.3 Å². The number of aliphatic hydroxyl groups excluding tert-OH is 3. The lowest BCUT2D eigenvalue weighted by atomic mass is 9.93. The Kier molecular flexibility index (Phi) is 3.26. The fourth-order valence-corrected chi connectivity index (χ4v) is 2.03. The van der Waals surface area contributed by atoms with Crippen molar-refractivity contribution >= 4 is 11.3 Å². The van der Waals surface area contributed by atoms with Crippen LogP contribution in [0.3, 0.4) is 0 Å². The lowest BCUT2D eigenvalue weighted by molar-refractivity contribution is 0.193. The maximum atomic E-state index is 9.86. The van der Waals surface area contributed by atoms with Gasteiger partial charge < -0.3 is 30.9 Å². The van der Waals surface area contributed by atoms with Crippen LogP contribution in [0, 0.1) is 0 Å². The summed E-state index contributed by atoms with van der Waals surface area (Å²) in [4.78, 5) is 0. The zero-order chi connectivity index (χ0) is 14.2. The fraction of sp³-hybridized carbons (Fsp3) is 0.231. The highest BCUT2D eigenvalue weighted by atomic mass is 16.5. The molecule has 0 aromatic heterocycles. The van der Waals surface area contributed by atoms with Gasteiger partial charge in [-0.1, -0.05) is 0 Å².